The van der Waals surface area contributed by atoms with Crippen LogP contribution in [0.2, 0.25) is 0 Å². The number of hydrogen-bond acceptors (Lipinski definition) is 4. The van der Waals surface area contributed by atoms with E-state index in [-0.39, 0.29) is 5.69 Å². The lowest BCUT2D eigenvalue weighted by Crippen LogP contribution is -2.39. The number of nitrogens with zero attached hydrogens (tertiary/aromatic N) is 1. The minimum atomic E-state index is -0.411. The molecule has 5 nitrogen and oxygen atoms in total. The van der Waals surface area contributed by atoms with Gasteiger partial charge in [-0.2, -0.15) is 0 Å². The van der Waals surface area contributed by atoms with Crippen molar-refractivity contribution < 1.29 is 9.66 Å². The third-order valence-electron chi connectivity index (χ3n) is 3.74. The second-order valence-electron chi connectivity index (χ2n) is 5.03. The highest BCUT2D eigenvalue weighted by atomic mass is 16.6. The first-order valence-electron chi connectivity index (χ1n) is 6.77. The van der Waals surface area contributed by atoms with Crippen LogP contribution in [0.5, 0.6) is 5.75 Å². The van der Waals surface area contributed by atoms with E-state index >= 15 is 0 Å². The van der Waals surface area contributed by atoms with Crippen molar-refractivity contribution in [1.29, 1.82) is 0 Å². The summed E-state index contributed by atoms with van der Waals surface area (Å²) in [6.45, 7) is 3.60. The van der Waals surface area contributed by atoms with Gasteiger partial charge in [-0.1, -0.05) is 6.42 Å². The molecule has 1 fully saturated rings. The van der Waals surface area contributed by atoms with Crippen LogP contribution >= 0.6 is 0 Å². The summed E-state index contributed by atoms with van der Waals surface area (Å²) < 4.78 is 5.54. The number of hydrogen-bond donors (Lipinski definition) is 1. The number of nitro benzene ring substituents is 1. The third-order valence-corrected chi connectivity index (χ3v) is 3.74. The summed E-state index contributed by atoms with van der Waals surface area (Å²) in [7, 11) is 0. The first-order valence-corrected chi connectivity index (χ1v) is 6.77. The molecule has 0 aromatic heterocycles. The normalized spacial score (nSPS) is 16.7. The minimum absolute atomic E-state index is 0.0871. The molecule has 1 aliphatic carbocycles. The Morgan fingerprint density at radius 2 is 2.11 bits per heavy atom. The zero-order chi connectivity index (χ0) is 13.7. The summed E-state index contributed by atoms with van der Waals surface area (Å²) in [4.78, 5) is 10.1. The standard InChI is InChI=1S/C14H20N2O3/c1-11(12-3-2-4-12)15-9-10-19-14-7-5-13(6-8-14)16(17)18/h5-8,11-12,15H,2-4,9-10H2,1H3. The molecule has 0 aliphatic heterocycles. The van der Waals surface area contributed by atoms with Gasteiger partial charge >= 0.3 is 0 Å². The van der Waals surface area contributed by atoms with Crippen LogP contribution in [0.3, 0.4) is 0 Å². The van der Waals surface area contributed by atoms with Gasteiger partial charge in [0.15, 0.2) is 0 Å². The molecular weight excluding hydrogens is 244 g/mol. The number of rotatable bonds is 7. The summed E-state index contributed by atoms with van der Waals surface area (Å²) in [6, 6.07) is 6.73. The maximum atomic E-state index is 10.5. The Labute approximate surface area is 113 Å². The Morgan fingerprint density at radius 3 is 2.63 bits per heavy atom. The highest BCUT2D eigenvalue weighted by Crippen LogP contribution is 2.29. The fourth-order valence-electron chi connectivity index (χ4n) is 2.23. The summed E-state index contributed by atoms with van der Waals surface area (Å²) in [6.07, 6.45) is 4.02. The lowest BCUT2D eigenvalue weighted by molar-refractivity contribution is -0.384. The Hall–Kier alpha value is -1.62. The Balaban J connectivity index is 1.66. The van der Waals surface area contributed by atoms with Crippen LogP contribution in [0.15, 0.2) is 24.3 Å². The summed E-state index contributed by atoms with van der Waals surface area (Å²) in [5.74, 6) is 1.49. The van der Waals surface area contributed by atoms with Crippen LogP contribution in [0.1, 0.15) is 26.2 Å². The molecular formula is C14H20N2O3. The third kappa shape index (κ3) is 3.92. The number of ether oxygens (including phenoxy) is 1. The predicted molar refractivity (Wildman–Crippen MR) is 73.4 cm³/mol. The molecule has 0 spiro atoms. The zero-order valence-electron chi connectivity index (χ0n) is 11.2. The van der Waals surface area contributed by atoms with E-state index in [1.165, 1.54) is 31.4 Å². The molecule has 1 saturated carbocycles. The Bertz CT molecular complexity index is 415. The lowest BCUT2D eigenvalue weighted by atomic mass is 9.80. The minimum Gasteiger partial charge on any atom is -0.492 e. The van der Waals surface area contributed by atoms with Gasteiger partial charge in [-0.15, -0.1) is 0 Å². The van der Waals surface area contributed by atoms with Crippen molar-refractivity contribution in [1.82, 2.24) is 5.32 Å². The number of non-ortho nitro benzene ring substituents is 1. The molecule has 0 saturated heterocycles. The molecule has 0 radical (unpaired) electrons. The highest BCUT2D eigenvalue weighted by Gasteiger charge is 2.22. The van der Waals surface area contributed by atoms with Crippen LogP contribution in [-0.2, 0) is 0 Å². The van der Waals surface area contributed by atoms with Crippen LogP contribution in [0.4, 0.5) is 5.69 Å². The highest BCUT2D eigenvalue weighted by molar-refractivity contribution is 5.35. The second-order valence-corrected chi connectivity index (χ2v) is 5.03. The van der Waals surface area contributed by atoms with Gasteiger partial charge in [-0.25, -0.2) is 0 Å². The van der Waals surface area contributed by atoms with Crippen LogP contribution in [0, 0.1) is 16.0 Å². The van der Waals surface area contributed by atoms with Crippen LogP contribution < -0.4 is 10.1 Å². The fraction of sp³-hybridized carbons (Fsp3) is 0.571. The molecule has 1 aromatic carbocycles. The molecule has 1 unspecified atom stereocenters. The predicted octanol–water partition coefficient (Wildman–Crippen LogP) is 2.75. The first-order chi connectivity index (χ1) is 9.16. The molecule has 0 amide bonds. The Morgan fingerprint density at radius 1 is 1.42 bits per heavy atom. The fourth-order valence-corrected chi connectivity index (χ4v) is 2.23. The number of benzene rings is 1. The largest absolute Gasteiger partial charge is 0.492 e. The molecule has 104 valence electrons. The molecule has 1 atom stereocenters. The summed E-state index contributed by atoms with van der Waals surface area (Å²) >= 11 is 0. The molecule has 1 N–H and O–H groups in total. The van der Waals surface area contributed by atoms with E-state index in [1.807, 2.05) is 0 Å². The average molecular weight is 264 g/mol. The van der Waals surface area contributed by atoms with Crippen molar-refractivity contribution in [3.63, 3.8) is 0 Å². The van der Waals surface area contributed by atoms with Crippen molar-refractivity contribution in [3.05, 3.63) is 34.4 Å². The van der Waals surface area contributed by atoms with Gasteiger partial charge in [0.05, 0.1) is 4.92 Å². The van der Waals surface area contributed by atoms with Gasteiger partial charge in [0.2, 0.25) is 0 Å². The van der Waals surface area contributed by atoms with Crippen LogP contribution in [0.25, 0.3) is 0 Å². The first kappa shape index (κ1) is 13.8. The molecule has 5 heteroatoms. The zero-order valence-corrected chi connectivity index (χ0v) is 11.2. The topological polar surface area (TPSA) is 64.4 Å². The van der Waals surface area contributed by atoms with E-state index in [0.29, 0.717) is 18.4 Å². The number of nitro groups is 1. The van der Waals surface area contributed by atoms with E-state index < -0.39 is 4.92 Å². The smallest absolute Gasteiger partial charge is 0.269 e. The van der Waals surface area contributed by atoms with Gasteiger partial charge < -0.3 is 10.1 Å². The van der Waals surface area contributed by atoms with Gasteiger partial charge in [0.1, 0.15) is 12.4 Å². The van der Waals surface area contributed by atoms with Crippen molar-refractivity contribution in [2.45, 2.75) is 32.2 Å². The van der Waals surface area contributed by atoms with Crippen molar-refractivity contribution in [2.75, 3.05) is 13.2 Å². The Kier molecular flexibility index (Phi) is 4.74. The molecule has 0 heterocycles. The van der Waals surface area contributed by atoms with E-state index in [1.54, 1.807) is 12.1 Å². The summed E-state index contributed by atoms with van der Waals surface area (Å²) in [5.41, 5.74) is 0.0871. The average Bonchev–Trinajstić information content (AvgIpc) is 2.33. The molecule has 1 aliphatic rings. The van der Waals surface area contributed by atoms with Crippen molar-refractivity contribution in [2.24, 2.45) is 5.92 Å². The van der Waals surface area contributed by atoms with E-state index in [4.69, 9.17) is 4.74 Å². The molecule has 19 heavy (non-hydrogen) atoms. The van der Waals surface area contributed by atoms with E-state index in [0.717, 1.165) is 12.5 Å². The number of nitrogens with one attached hydrogen (secondary N) is 1. The maximum Gasteiger partial charge on any atom is 0.269 e. The maximum absolute atomic E-state index is 10.5. The van der Waals surface area contributed by atoms with Gasteiger partial charge in [0, 0.05) is 24.7 Å². The van der Waals surface area contributed by atoms with Gasteiger partial charge in [0.25, 0.3) is 5.69 Å². The van der Waals surface area contributed by atoms with Gasteiger partial charge in [-0.3, -0.25) is 10.1 Å². The monoisotopic (exact) mass is 264 g/mol. The second kappa shape index (κ2) is 6.52. The lowest BCUT2D eigenvalue weighted by Gasteiger charge is -2.32. The molecule has 2 rings (SSSR count). The van der Waals surface area contributed by atoms with E-state index in [2.05, 4.69) is 12.2 Å². The van der Waals surface area contributed by atoms with Gasteiger partial charge in [-0.05, 0) is 37.8 Å². The SMILES string of the molecule is CC(NCCOc1ccc([N+](=O)[O-])cc1)C1CCC1. The molecule has 1 aromatic rings. The molecule has 0 bridgehead atoms. The van der Waals surface area contributed by atoms with E-state index in [9.17, 15) is 10.1 Å². The quantitative estimate of drug-likeness (QED) is 0.467. The van der Waals surface area contributed by atoms with Crippen molar-refractivity contribution in [3.8, 4) is 5.75 Å². The van der Waals surface area contributed by atoms with Crippen molar-refractivity contribution >= 4 is 5.69 Å². The summed E-state index contributed by atoms with van der Waals surface area (Å²) in [5, 5.41) is 14.0. The van der Waals surface area contributed by atoms with Crippen LogP contribution in [-0.4, -0.2) is 24.1 Å².